The second-order valence-corrected chi connectivity index (χ2v) is 3.98. The summed E-state index contributed by atoms with van der Waals surface area (Å²) in [6.07, 6.45) is 10.7. The van der Waals surface area contributed by atoms with Crippen LogP contribution in [0, 0.1) is 0 Å². The van der Waals surface area contributed by atoms with E-state index in [9.17, 15) is 0 Å². The van der Waals surface area contributed by atoms with E-state index < -0.39 is 0 Å². The summed E-state index contributed by atoms with van der Waals surface area (Å²) >= 11 is 0. The standard InChI is InChI=1S/C13H12BN/c1-14-13-8-3-2-6-11(13)10-12-7-4-5-9-15(12)14/h2-10H,1H3. The minimum Gasteiger partial charge on any atom is -0.387 e. The number of hydrogen-bond acceptors (Lipinski definition) is 1. The van der Waals surface area contributed by atoms with Crippen LogP contribution in [0.3, 0.4) is 0 Å². The highest BCUT2D eigenvalue weighted by Gasteiger charge is 2.26. The normalized spacial score (nSPS) is 17.3. The van der Waals surface area contributed by atoms with Crippen LogP contribution in [-0.2, 0) is 0 Å². The lowest BCUT2D eigenvalue weighted by Crippen LogP contribution is -2.46. The van der Waals surface area contributed by atoms with Crippen molar-refractivity contribution in [2.24, 2.45) is 0 Å². The Morgan fingerprint density at radius 2 is 2.00 bits per heavy atom. The molecule has 15 heavy (non-hydrogen) atoms. The molecular weight excluding hydrogens is 181 g/mol. The molecule has 2 aliphatic heterocycles. The molecule has 0 atom stereocenters. The fraction of sp³-hybridized carbons (Fsp3) is 0.0769. The molecule has 0 fully saturated rings. The molecule has 2 aliphatic rings. The maximum atomic E-state index is 2.31. The van der Waals surface area contributed by atoms with Crippen LogP contribution in [0.25, 0.3) is 6.08 Å². The first-order valence-electron chi connectivity index (χ1n) is 5.30. The lowest BCUT2D eigenvalue weighted by atomic mass is 9.53. The second kappa shape index (κ2) is 3.16. The van der Waals surface area contributed by atoms with Crippen LogP contribution < -0.4 is 5.46 Å². The third-order valence-electron chi connectivity index (χ3n) is 3.09. The first kappa shape index (κ1) is 8.60. The van der Waals surface area contributed by atoms with E-state index in [4.69, 9.17) is 0 Å². The van der Waals surface area contributed by atoms with Crippen molar-refractivity contribution in [2.75, 3.05) is 0 Å². The predicted octanol–water partition coefficient (Wildman–Crippen LogP) is 2.25. The van der Waals surface area contributed by atoms with Crippen molar-refractivity contribution in [1.29, 1.82) is 0 Å². The lowest BCUT2D eigenvalue weighted by Gasteiger charge is -2.33. The summed E-state index contributed by atoms with van der Waals surface area (Å²) in [5, 5.41) is 0. The van der Waals surface area contributed by atoms with E-state index in [2.05, 4.69) is 66.4 Å². The average molecular weight is 193 g/mol. The van der Waals surface area contributed by atoms with Crippen LogP contribution in [0.2, 0.25) is 6.82 Å². The quantitative estimate of drug-likeness (QED) is 0.571. The van der Waals surface area contributed by atoms with Crippen molar-refractivity contribution in [2.45, 2.75) is 6.82 Å². The summed E-state index contributed by atoms with van der Waals surface area (Å²) in [6, 6.07) is 8.60. The molecule has 1 nitrogen and oxygen atoms in total. The summed E-state index contributed by atoms with van der Waals surface area (Å²) in [5.74, 6) is 0. The molecule has 3 rings (SSSR count). The third kappa shape index (κ3) is 1.25. The molecule has 1 aromatic carbocycles. The van der Waals surface area contributed by atoms with Gasteiger partial charge in [-0.15, -0.1) is 0 Å². The van der Waals surface area contributed by atoms with Gasteiger partial charge in [-0.1, -0.05) is 37.2 Å². The molecule has 0 saturated carbocycles. The Labute approximate surface area is 90.5 Å². The van der Waals surface area contributed by atoms with Gasteiger partial charge in [0.2, 0.25) is 0 Å². The molecule has 0 radical (unpaired) electrons. The molecular formula is C13H12BN. The Morgan fingerprint density at radius 3 is 2.93 bits per heavy atom. The van der Waals surface area contributed by atoms with Crippen molar-refractivity contribution >= 4 is 18.4 Å². The van der Waals surface area contributed by atoms with Gasteiger partial charge in [0.15, 0.2) is 0 Å². The van der Waals surface area contributed by atoms with Gasteiger partial charge < -0.3 is 4.81 Å². The topological polar surface area (TPSA) is 3.24 Å². The van der Waals surface area contributed by atoms with Gasteiger partial charge in [-0.25, -0.2) is 0 Å². The van der Waals surface area contributed by atoms with Crippen molar-refractivity contribution in [1.82, 2.24) is 4.81 Å². The summed E-state index contributed by atoms with van der Waals surface area (Å²) in [6.45, 7) is 2.68. The molecule has 0 saturated heterocycles. The van der Waals surface area contributed by atoms with Crippen molar-refractivity contribution in [3.05, 3.63) is 60.0 Å². The molecule has 0 amide bonds. The number of nitrogens with zero attached hydrogens (tertiary/aromatic N) is 1. The van der Waals surface area contributed by atoms with Crippen LogP contribution >= 0.6 is 0 Å². The van der Waals surface area contributed by atoms with Gasteiger partial charge >= 0.3 is 0 Å². The zero-order valence-electron chi connectivity index (χ0n) is 8.72. The Bertz CT molecular complexity index is 485. The Balaban J connectivity index is 2.19. The Hall–Kier alpha value is -1.70. The van der Waals surface area contributed by atoms with Crippen LogP contribution in [0.1, 0.15) is 5.56 Å². The van der Waals surface area contributed by atoms with Gasteiger partial charge in [0, 0.05) is 5.70 Å². The monoisotopic (exact) mass is 193 g/mol. The van der Waals surface area contributed by atoms with E-state index in [1.165, 1.54) is 16.7 Å². The molecule has 2 heterocycles. The van der Waals surface area contributed by atoms with Gasteiger partial charge in [0.25, 0.3) is 6.85 Å². The maximum absolute atomic E-state index is 2.31. The summed E-state index contributed by atoms with van der Waals surface area (Å²) in [7, 11) is 0. The predicted molar refractivity (Wildman–Crippen MR) is 65.8 cm³/mol. The first-order valence-corrected chi connectivity index (χ1v) is 5.30. The molecule has 72 valence electrons. The van der Waals surface area contributed by atoms with Crippen molar-refractivity contribution in [3.63, 3.8) is 0 Å². The van der Waals surface area contributed by atoms with Crippen LogP contribution in [-0.4, -0.2) is 11.7 Å². The van der Waals surface area contributed by atoms with Gasteiger partial charge in [0.05, 0.1) is 0 Å². The zero-order valence-corrected chi connectivity index (χ0v) is 8.72. The van der Waals surface area contributed by atoms with Crippen molar-refractivity contribution in [3.8, 4) is 0 Å². The van der Waals surface area contributed by atoms with Crippen LogP contribution in [0.5, 0.6) is 0 Å². The SMILES string of the molecule is CB1c2ccccc2C=C2C=CC=CN12. The van der Waals surface area contributed by atoms with Crippen LogP contribution in [0.15, 0.2) is 54.4 Å². The Kier molecular flexibility index (Phi) is 1.81. The number of rotatable bonds is 0. The molecule has 0 bridgehead atoms. The van der Waals surface area contributed by atoms with E-state index in [1.807, 2.05) is 0 Å². The van der Waals surface area contributed by atoms with Crippen molar-refractivity contribution < 1.29 is 0 Å². The number of allylic oxidation sites excluding steroid dienone is 3. The average Bonchev–Trinajstić information content (AvgIpc) is 2.30. The molecule has 1 aromatic rings. The minimum atomic E-state index is 0.433. The molecule has 0 aliphatic carbocycles. The lowest BCUT2D eigenvalue weighted by molar-refractivity contribution is 0.741. The first-order chi connectivity index (χ1) is 7.36. The summed E-state index contributed by atoms with van der Waals surface area (Å²) in [4.78, 5) is 2.31. The molecule has 0 unspecified atom stereocenters. The summed E-state index contributed by atoms with van der Waals surface area (Å²) < 4.78 is 0. The minimum absolute atomic E-state index is 0.433. The van der Waals surface area contributed by atoms with E-state index in [0.29, 0.717) is 6.85 Å². The highest BCUT2D eigenvalue weighted by Crippen LogP contribution is 2.22. The number of fused-ring (bicyclic) bond motifs is 2. The zero-order chi connectivity index (χ0) is 10.3. The largest absolute Gasteiger partial charge is 0.387 e. The third-order valence-corrected chi connectivity index (χ3v) is 3.09. The van der Waals surface area contributed by atoms with Gasteiger partial charge in [-0.05, 0) is 35.5 Å². The second-order valence-electron chi connectivity index (χ2n) is 3.98. The maximum Gasteiger partial charge on any atom is 0.290 e. The molecule has 0 spiro atoms. The molecule has 0 aromatic heterocycles. The number of hydrogen-bond donors (Lipinski definition) is 0. The van der Waals surface area contributed by atoms with E-state index in [0.717, 1.165) is 0 Å². The fourth-order valence-electron chi connectivity index (χ4n) is 2.28. The van der Waals surface area contributed by atoms with Gasteiger partial charge in [-0.2, -0.15) is 0 Å². The smallest absolute Gasteiger partial charge is 0.290 e. The van der Waals surface area contributed by atoms with Gasteiger partial charge in [-0.3, -0.25) is 0 Å². The summed E-state index contributed by atoms with van der Waals surface area (Å²) in [5.41, 5.74) is 4.03. The molecule has 2 heteroatoms. The van der Waals surface area contributed by atoms with E-state index >= 15 is 0 Å². The highest BCUT2D eigenvalue weighted by molar-refractivity contribution is 6.71. The van der Waals surface area contributed by atoms with E-state index in [-0.39, 0.29) is 0 Å². The van der Waals surface area contributed by atoms with E-state index in [1.54, 1.807) is 0 Å². The Morgan fingerprint density at radius 1 is 1.13 bits per heavy atom. The molecule has 0 N–H and O–H groups in total. The van der Waals surface area contributed by atoms with Crippen LogP contribution in [0.4, 0.5) is 0 Å². The fourth-order valence-corrected chi connectivity index (χ4v) is 2.28. The number of benzene rings is 1. The highest BCUT2D eigenvalue weighted by atomic mass is 15.1. The van der Waals surface area contributed by atoms with Gasteiger partial charge in [0.1, 0.15) is 0 Å².